The summed E-state index contributed by atoms with van der Waals surface area (Å²) in [5, 5.41) is 0. The van der Waals surface area contributed by atoms with E-state index in [1.165, 1.54) is 24.8 Å². The second-order valence-corrected chi connectivity index (χ2v) is 16.7. The highest BCUT2D eigenvalue weighted by Crippen LogP contribution is 2.60. The molecular formula is C36H49NO4S2. The van der Waals surface area contributed by atoms with E-state index >= 15 is 0 Å². The van der Waals surface area contributed by atoms with Crippen LogP contribution in [0.4, 0.5) is 0 Å². The number of nitrogens with zero attached hydrogens (tertiary/aromatic N) is 1. The summed E-state index contributed by atoms with van der Waals surface area (Å²) in [5.74, 6) is 4.22. The van der Waals surface area contributed by atoms with Crippen LogP contribution in [0.15, 0.2) is 48.5 Å². The molecule has 234 valence electrons. The number of likely N-dealkylation sites (tertiary alicyclic amines) is 1. The van der Waals surface area contributed by atoms with E-state index < -0.39 is 0 Å². The number of hydrogen-bond acceptors (Lipinski definition) is 7. The molecule has 2 aliphatic heterocycles. The van der Waals surface area contributed by atoms with E-state index in [9.17, 15) is 4.79 Å². The Morgan fingerprint density at radius 3 is 2.40 bits per heavy atom. The highest BCUT2D eigenvalue weighted by atomic mass is 32.2. The third-order valence-corrected chi connectivity index (χ3v) is 14.5. The molecule has 4 fully saturated rings. The van der Waals surface area contributed by atoms with Gasteiger partial charge in [0.2, 0.25) is 0 Å². The number of methoxy groups -OCH3 is 1. The normalized spacial score (nSPS) is 29.7. The third kappa shape index (κ3) is 6.07. The van der Waals surface area contributed by atoms with Crippen molar-refractivity contribution in [2.75, 3.05) is 32.2 Å². The molecule has 2 heterocycles. The zero-order valence-corrected chi connectivity index (χ0v) is 28.2. The van der Waals surface area contributed by atoms with Crippen molar-refractivity contribution in [3.8, 4) is 11.5 Å². The number of ether oxygens (including phenoxy) is 3. The summed E-state index contributed by atoms with van der Waals surface area (Å²) in [7, 11) is 3.90. The Bertz CT molecular complexity index is 1260. The molecule has 1 spiro atoms. The SMILES string of the molecule is COc1ccc([C@H]2CN(C)C3(SCCS3)[C@H]2C(=O)O[C@@H]2C[C@H](C)CC[C@H]2C(C)(C)c2ccccc2)cc1OC1CCCC1. The quantitative estimate of drug-likeness (QED) is 0.275. The van der Waals surface area contributed by atoms with Crippen LogP contribution in [0.5, 0.6) is 11.5 Å². The Labute approximate surface area is 267 Å². The van der Waals surface area contributed by atoms with Crippen LogP contribution < -0.4 is 9.47 Å². The van der Waals surface area contributed by atoms with Gasteiger partial charge in [0, 0.05) is 29.9 Å². The van der Waals surface area contributed by atoms with Gasteiger partial charge in [-0.1, -0.05) is 63.6 Å². The van der Waals surface area contributed by atoms with Gasteiger partial charge in [0.15, 0.2) is 11.5 Å². The lowest BCUT2D eigenvalue weighted by Crippen LogP contribution is -2.47. The molecular weight excluding hydrogens is 575 g/mol. The van der Waals surface area contributed by atoms with Gasteiger partial charge in [-0.3, -0.25) is 9.69 Å². The maximum Gasteiger partial charge on any atom is 0.313 e. The van der Waals surface area contributed by atoms with Gasteiger partial charge in [-0.2, -0.15) is 0 Å². The lowest BCUT2D eigenvalue weighted by molar-refractivity contribution is -0.162. The first-order chi connectivity index (χ1) is 20.7. The maximum absolute atomic E-state index is 14.7. The zero-order valence-electron chi connectivity index (χ0n) is 26.6. The predicted molar refractivity (Wildman–Crippen MR) is 178 cm³/mol. The molecule has 5 nitrogen and oxygen atoms in total. The highest BCUT2D eigenvalue weighted by molar-refractivity contribution is 8.21. The summed E-state index contributed by atoms with van der Waals surface area (Å²) in [5.41, 5.74) is 2.38. The Hall–Kier alpha value is -1.83. The van der Waals surface area contributed by atoms with E-state index in [0.717, 1.165) is 60.8 Å². The standard InChI is InChI=1S/C36H49NO4S2/c1-24-15-17-29(35(2,3)26-11-7-6-8-12-26)31(21-24)41-34(38)33-28(23-37(4)36(33)42-19-20-43-36)25-16-18-30(39-5)32(22-25)40-27-13-9-10-14-27/h6-8,11-12,16,18,22,24,27-29,31,33H,9-10,13-15,17,19-21,23H2,1-5H3/t24-,28-,29-,31-,33-/m1/s1. The van der Waals surface area contributed by atoms with Crippen LogP contribution in [0.3, 0.4) is 0 Å². The van der Waals surface area contributed by atoms with Crippen molar-refractivity contribution in [2.45, 2.75) is 93.5 Å². The first kappa shape index (κ1) is 31.2. The van der Waals surface area contributed by atoms with Crippen molar-refractivity contribution >= 4 is 29.5 Å². The Kier molecular flexibility index (Phi) is 9.34. The van der Waals surface area contributed by atoms with Crippen molar-refractivity contribution < 1.29 is 19.0 Å². The summed E-state index contributed by atoms with van der Waals surface area (Å²) >= 11 is 3.86. The first-order valence-electron chi connectivity index (χ1n) is 16.3. The Morgan fingerprint density at radius 2 is 1.70 bits per heavy atom. The van der Waals surface area contributed by atoms with Crippen LogP contribution in [0, 0.1) is 17.8 Å². The largest absolute Gasteiger partial charge is 0.493 e. The maximum atomic E-state index is 14.7. The summed E-state index contributed by atoms with van der Waals surface area (Å²) in [6.07, 6.45) is 7.93. The number of thioether (sulfide) groups is 2. The molecule has 2 aromatic carbocycles. The summed E-state index contributed by atoms with van der Waals surface area (Å²) in [4.78, 5) is 17.1. The molecule has 0 unspecified atom stereocenters. The van der Waals surface area contributed by atoms with Gasteiger partial charge in [0.05, 0.1) is 13.2 Å². The number of benzene rings is 2. The van der Waals surface area contributed by atoms with Gasteiger partial charge in [-0.25, -0.2) is 0 Å². The molecule has 2 aliphatic carbocycles. The van der Waals surface area contributed by atoms with Gasteiger partial charge >= 0.3 is 5.97 Å². The minimum absolute atomic E-state index is 0.0223. The van der Waals surface area contributed by atoms with Crippen LogP contribution in [0.2, 0.25) is 0 Å². The molecule has 2 saturated carbocycles. The Balaban J connectivity index is 1.31. The van der Waals surface area contributed by atoms with Crippen molar-refractivity contribution in [1.82, 2.24) is 4.90 Å². The zero-order chi connectivity index (χ0) is 30.2. The Morgan fingerprint density at radius 1 is 0.977 bits per heavy atom. The second-order valence-electron chi connectivity index (χ2n) is 13.8. The lowest BCUT2D eigenvalue weighted by atomic mass is 9.64. The monoisotopic (exact) mass is 623 g/mol. The molecule has 4 aliphatic rings. The van der Waals surface area contributed by atoms with Gasteiger partial charge in [0.1, 0.15) is 16.2 Å². The number of hydrogen-bond donors (Lipinski definition) is 0. The molecule has 43 heavy (non-hydrogen) atoms. The summed E-state index contributed by atoms with van der Waals surface area (Å²) in [6, 6.07) is 17.1. The number of esters is 1. The van der Waals surface area contributed by atoms with Gasteiger partial charge < -0.3 is 14.2 Å². The van der Waals surface area contributed by atoms with Crippen molar-refractivity contribution in [3.05, 3.63) is 59.7 Å². The minimum atomic E-state index is -0.307. The molecule has 0 bridgehead atoms. The van der Waals surface area contributed by atoms with Crippen molar-refractivity contribution in [3.63, 3.8) is 0 Å². The molecule has 0 radical (unpaired) electrons. The molecule has 6 rings (SSSR count). The molecule has 2 saturated heterocycles. The summed E-state index contributed by atoms with van der Waals surface area (Å²) < 4.78 is 18.7. The molecule has 0 aromatic heterocycles. The van der Waals surface area contributed by atoms with E-state index in [-0.39, 0.29) is 45.5 Å². The van der Waals surface area contributed by atoms with E-state index in [1.54, 1.807) is 7.11 Å². The van der Waals surface area contributed by atoms with Gasteiger partial charge in [-0.05, 0) is 80.2 Å². The second kappa shape index (κ2) is 12.9. The number of carbonyl (C=O) groups excluding carboxylic acids is 1. The van der Waals surface area contributed by atoms with Crippen LogP contribution in [-0.2, 0) is 14.9 Å². The fourth-order valence-corrected chi connectivity index (χ4v) is 11.8. The first-order valence-corrected chi connectivity index (χ1v) is 18.3. The summed E-state index contributed by atoms with van der Waals surface area (Å²) in [6.45, 7) is 7.80. The lowest BCUT2D eigenvalue weighted by Gasteiger charge is -2.45. The fraction of sp³-hybridized carbons (Fsp3) is 0.639. The minimum Gasteiger partial charge on any atom is -0.493 e. The van der Waals surface area contributed by atoms with Crippen LogP contribution in [-0.4, -0.2) is 59.5 Å². The van der Waals surface area contributed by atoms with Crippen LogP contribution in [0.25, 0.3) is 0 Å². The third-order valence-electron chi connectivity index (χ3n) is 10.7. The molecule has 7 heteroatoms. The fourth-order valence-electron chi connectivity index (χ4n) is 8.24. The topological polar surface area (TPSA) is 48.0 Å². The predicted octanol–water partition coefficient (Wildman–Crippen LogP) is 8.12. The van der Waals surface area contributed by atoms with E-state index in [4.69, 9.17) is 14.2 Å². The number of carbonyl (C=O) groups is 1. The molecule has 5 atom stereocenters. The molecule has 0 N–H and O–H groups in total. The molecule has 2 aromatic rings. The van der Waals surface area contributed by atoms with Crippen molar-refractivity contribution in [2.24, 2.45) is 17.8 Å². The number of rotatable bonds is 8. The highest BCUT2D eigenvalue weighted by Gasteiger charge is 2.60. The average molecular weight is 624 g/mol. The van der Waals surface area contributed by atoms with Crippen LogP contribution in [0.1, 0.15) is 82.8 Å². The van der Waals surface area contributed by atoms with E-state index in [1.807, 2.05) is 29.6 Å². The molecule has 0 amide bonds. The smallest absolute Gasteiger partial charge is 0.313 e. The van der Waals surface area contributed by atoms with Crippen LogP contribution >= 0.6 is 23.5 Å². The average Bonchev–Trinajstić information content (AvgIpc) is 3.76. The van der Waals surface area contributed by atoms with Crippen molar-refractivity contribution in [1.29, 1.82) is 0 Å². The number of likely N-dealkylation sites (N-methyl/N-ethyl adjacent to an activating group) is 1. The van der Waals surface area contributed by atoms with E-state index in [0.29, 0.717) is 5.92 Å². The van der Waals surface area contributed by atoms with Gasteiger partial charge in [0.25, 0.3) is 0 Å². The van der Waals surface area contributed by atoms with Gasteiger partial charge in [-0.15, -0.1) is 23.5 Å². The van der Waals surface area contributed by atoms with E-state index in [2.05, 4.69) is 75.2 Å².